The number of aliphatic hydroxyl groups is 2. The third kappa shape index (κ3) is 2.18. The van der Waals surface area contributed by atoms with Gasteiger partial charge in [-0.1, -0.05) is 0 Å². The van der Waals surface area contributed by atoms with E-state index in [0.29, 0.717) is 19.3 Å². The quantitative estimate of drug-likeness (QED) is 0.466. The van der Waals surface area contributed by atoms with Crippen molar-refractivity contribution in [3.8, 4) is 0 Å². The van der Waals surface area contributed by atoms with Crippen LogP contribution >= 0.6 is 0 Å². The summed E-state index contributed by atoms with van der Waals surface area (Å²) in [5, 5.41) is 19.0. The van der Waals surface area contributed by atoms with Gasteiger partial charge in [0.05, 0.1) is 12.5 Å². The van der Waals surface area contributed by atoms with Gasteiger partial charge in [0.25, 0.3) is 0 Å². The molecule has 0 aromatic rings. The van der Waals surface area contributed by atoms with Crippen LogP contribution in [-0.2, 0) is 9.53 Å². The lowest BCUT2D eigenvalue weighted by molar-refractivity contribution is -0.141. The van der Waals surface area contributed by atoms with Crippen molar-refractivity contribution >= 4 is 13.8 Å². The summed E-state index contributed by atoms with van der Waals surface area (Å²) in [6, 6.07) is -0.339. The molecule has 4 nitrogen and oxygen atoms in total. The second kappa shape index (κ2) is 4.14. The van der Waals surface area contributed by atoms with E-state index < -0.39 is 0 Å². The monoisotopic (exact) mass is 212 g/mol. The third-order valence-electron chi connectivity index (χ3n) is 3.60. The Kier molecular flexibility index (Phi) is 3.02. The molecule has 1 saturated heterocycles. The highest BCUT2D eigenvalue weighted by Gasteiger charge is 2.49. The highest BCUT2D eigenvalue weighted by Crippen LogP contribution is 2.43. The number of rotatable bonds is 3. The van der Waals surface area contributed by atoms with E-state index in [9.17, 15) is 15.0 Å². The van der Waals surface area contributed by atoms with E-state index in [-0.39, 0.29) is 36.0 Å². The number of esters is 1. The van der Waals surface area contributed by atoms with Crippen LogP contribution in [0.4, 0.5) is 0 Å². The van der Waals surface area contributed by atoms with Gasteiger partial charge in [-0.05, 0) is 18.8 Å². The van der Waals surface area contributed by atoms with Crippen molar-refractivity contribution in [2.45, 2.75) is 43.9 Å². The lowest BCUT2D eigenvalue weighted by atomic mass is 9.84. The number of hydrogen-bond donors (Lipinski definition) is 2. The minimum absolute atomic E-state index is 0.0773. The lowest BCUT2D eigenvalue weighted by Crippen LogP contribution is -2.22. The van der Waals surface area contributed by atoms with Crippen molar-refractivity contribution in [2.75, 3.05) is 0 Å². The average molecular weight is 212 g/mol. The predicted molar refractivity (Wildman–Crippen MR) is 55.9 cm³/mol. The molecule has 2 N–H and O–H groups in total. The van der Waals surface area contributed by atoms with Crippen LogP contribution in [0.5, 0.6) is 0 Å². The summed E-state index contributed by atoms with van der Waals surface area (Å²) < 4.78 is 5.13. The molecule has 5 heteroatoms. The first-order valence-electron chi connectivity index (χ1n) is 5.63. The van der Waals surface area contributed by atoms with E-state index in [1.54, 1.807) is 7.85 Å². The minimum atomic E-state index is -0.369. The molecule has 1 heterocycles. The van der Waals surface area contributed by atoms with E-state index in [1.165, 1.54) is 0 Å². The van der Waals surface area contributed by atoms with E-state index in [1.807, 2.05) is 0 Å². The number of aliphatic hydroxyl groups excluding tert-OH is 2. The Morgan fingerprint density at radius 3 is 3.00 bits per heavy atom. The van der Waals surface area contributed by atoms with Gasteiger partial charge >= 0.3 is 5.97 Å². The minimum Gasteiger partial charge on any atom is -0.462 e. The highest BCUT2D eigenvalue weighted by atomic mass is 16.6. The zero-order valence-corrected chi connectivity index (χ0v) is 8.93. The number of hydrogen-bond acceptors (Lipinski definition) is 4. The molecule has 0 aromatic carbocycles. The molecule has 15 heavy (non-hydrogen) atoms. The molecular weight excluding hydrogens is 195 g/mol. The van der Waals surface area contributed by atoms with E-state index >= 15 is 0 Å². The normalized spacial score (nSPS) is 41.3. The fourth-order valence-corrected chi connectivity index (χ4v) is 2.82. The van der Waals surface area contributed by atoms with Gasteiger partial charge in [0.1, 0.15) is 14.0 Å². The Bertz CT molecular complexity index is 256. The number of carbonyl (C=O) groups excluding carboxylic acids is 1. The highest BCUT2D eigenvalue weighted by molar-refractivity contribution is 6.10. The molecule has 0 spiro atoms. The fraction of sp³-hybridized carbons (Fsp3) is 0.900. The van der Waals surface area contributed by atoms with Crippen LogP contribution < -0.4 is 0 Å². The summed E-state index contributed by atoms with van der Waals surface area (Å²) in [5.74, 6) is 0.154. The van der Waals surface area contributed by atoms with Crippen LogP contribution in [0.2, 0.25) is 0 Å². The van der Waals surface area contributed by atoms with Crippen molar-refractivity contribution < 1.29 is 19.7 Å². The average Bonchev–Trinajstić information content (AvgIpc) is 2.57. The van der Waals surface area contributed by atoms with Crippen LogP contribution in [0.3, 0.4) is 0 Å². The molecule has 0 amide bonds. The standard InChI is InChI=1S/C10H17BO4/c11-9(13)2-1-5-6-3-10(14)15-8(6)4-7(5)12/h5-9,12-13H,1-4,11H2/t5-,6-,7-,8+,9-/m1/s1. The van der Waals surface area contributed by atoms with Gasteiger partial charge in [-0.15, -0.1) is 0 Å². The molecule has 2 rings (SSSR count). The van der Waals surface area contributed by atoms with Crippen molar-refractivity contribution in [3.63, 3.8) is 0 Å². The van der Waals surface area contributed by atoms with Crippen molar-refractivity contribution in [3.05, 3.63) is 0 Å². The van der Waals surface area contributed by atoms with Gasteiger partial charge in [-0.2, -0.15) is 0 Å². The fourth-order valence-electron chi connectivity index (χ4n) is 2.82. The molecule has 1 aliphatic carbocycles. The van der Waals surface area contributed by atoms with Crippen molar-refractivity contribution in [2.24, 2.45) is 11.8 Å². The molecule has 0 aromatic heterocycles. The van der Waals surface area contributed by atoms with Crippen LogP contribution in [-0.4, -0.2) is 42.2 Å². The molecule has 0 bridgehead atoms. The maximum Gasteiger partial charge on any atom is 0.306 e. The van der Waals surface area contributed by atoms with Crippen LogP contribution in [0.1, 0.15) is 25.7 Å². The first-order valence-corrected chi connectivity index (χ1v) is 5.63. The second-order valence-corrected chi connectivity index (χ2v) is 4.79. The SMILES string of the molecule is B[C@H](O)CC[C@@H]1[C@H]2CC(=O)O[C@H]2C[C@H]1O. The van der Waals surface area contributed by atoms with Gasteiger partial charge < -0.3 is 14.9 Å². The summed E-state index contributed by atoms with van der Waals surface area (Å²) in [4.78, 5) is 11.1. The molecular formula is C10H17BO4. The topological polar surface area (TPSA) is 66.8 Å². The lowest BCUT2D eigenvalue weighted by Gasteiger charge is -2.19. The molecule has 1 saturated carbocycles. The molecule has 84 valence electrons. The van der Waals surface area contributed by atoms with Gasteiger partial charge in [-0.25, -0.2) is 0 Å². The predicted octanol–water partition coefficient (Wildman–Crippen LogP) is -0.969. The Morgan fingerprint density at radius 1 is 1.60 bits per heavy atom. The Labute approximate surface area is 90.0 Å². The summed E-state index contributed by atoms with van der Waals surface area (Å²) in [7, 11) is 1.75. The smallest absolute Gasteiger partial charge is 0.306 e. The van der Waals surface area contributed by atoms with Crippen LogP contribution in [0.15, 0.2) is 0 Å². The van der Waals surface area contributed by atoms with Crippen LogP contribution in [0, 0.1) is 11.8 Å². The van der Waals surface area contributed by atoms with Crippen molar-refractivity contribution in [1.82, 2.24) is 0 Å². The molecule has 5 atom stereocenters. The molecule has 2 aliphatic rings. The third-order valence-corrected chi connectivity index (χ3v) is 3.60. The first kappa shape index (κ1) is 11.0. The Morgan fingerprint density at radius 2 is 2.33 bits per heavy atom. The number of ether oxygens (including phenoxy) is 1. The van der Waals surface area contributed by atoms with Crippen molar-refractivity contribution in [1.29, 1.82) is 0 Å². The maximum atomic E-state index is 11.1. The zero-order chi connectivity index (χ0) is 11.0. The van der Waals surface area contributed by atoms with Gasteiger partial charge in [0.2, 0.25) is 0 Å². The summed E-state index contributed by atoms with van der Waals surface area (Å²) in [6.07, 6.45) is 2.02. The molecule has 2 fully saturated rings. The zero-order valence-electron chi connectivity index (χ0n) is 8.93. The van der Waals surface area contributed by atoms with Gasteiger partial charge in [0.15, 0.2) is 0 Å². The number of carbonyl (C=O) groups is 1. The van der Waals surface area contributed by atoms with Gasteiger partial charge in [-0.3, -0.25) is 4.79 Å². The van der Waals surface area contributed by atoms with Gasteiger partial charge in [0, 0.05) is 18.3 Å². The van der Waals surface area contributed by atoms with E-state index in [4.69, 9.17) is 4.74 Å². The number of fused-ring (bicyclic) bond motifs is 1. The van der Waals surface area contributed by atoms with E-state index in [0.717, 1.165) is 6.42 Å². The summed E-state index contributed by atoms with van der Waals surface area (Å²) >= 11 is 0. The second-order valence-electron chi connectivity index (χ2n) is 4.79. The molecule has 0 radical (unpaired) electrons. The maximum absolute atomic E-state index is 11.1. The Hall–Kier alpha value is -0.545. The molecule has 1 aliphatic heterocycles. The summed E-state index contributed by atoms with van der Waals surface area (Å²) in [5.41, 5.74) is 0. The van der Waals surface area contributed by atoms with Crippen LogP contribution in [0.25, 0.3) is 0 Å². The molecule has 0 unspecified atom stereocenters. The summed E-state index contributed by atoms with van der Waals surface area (Å²) in [6.45, 7) is 0. The Balaban J connectivity index is 1.94. The van der Waals surface area contributed by atoms with E-state index in [2.05, 4.69) is 0 Å². The first-order chi connectivity index (χ1) is 7.08. The largest absolute Gasteiger partial charge is 0.462 e.